The van der Waals surface area contributed by atoms with Gasteiger partial charge in [-0.1, -0.05) is 5.92 Å². The summed E-state index contributed by atoms with van der Waals surface area (Å²) >= 11 is 4.73. The van der Waals surface area contributed by atoms with Crippen LogP contribution in [0.1, 0.15) is 6.23 Å². The van der Waals surface area contributed by atoms with Crippen molar-refractivity contribution in [3.63, 3.8) is 0 Å². The van der Waals surface area contributed by atoms with E-state index in [1.807, 2.05) is 0 Å². The molecule has 0 radical (unpaired) electrons. The Balaban J connectivity index is 2.32. The van der Waals surface area contributed by atoms with Crippen molar-refractivity contribution in [2.45, 2.75) is 23.8 Å². The number of aliphatic hydroxyl groups is 2. The van der Waals surface area contributed by atoms with Crippen molar-refractivity contribution in [3.8, 4) is 12.3 Å². The minimum Gasteiger partial charge on any atom is -0.383 e. The number of halogens is 2. The summed E-state index contributed by atoms with van der Waals surface area (Å²) in [4.78, 5) is 48.5. The second-order valence-electron chi connectivity index (χ2n) is 6.14. The third-order valence-electron chi connectivity index (χ3n) is 3.76. The summed E-state index contributed by atoms with van der Waals surface area (Å²) < 4.78 is 77.9. The molecular formula is C11H13F2N2O14P3S. The Hall–Kier alpha value is -1.19. The Morgan fingerprint density at radius 1 is 1.27 bits per heavy atom. The van der Waals surface area contributed by atoms with Gasteiger partial charge in [0.1, 0.15) is 6.61 Å². The summed E-state index contributed by atoms with van der Waals surface area (Å²) in [7, 11) is -17.5. The molecule has 33 heavy (non-hydrogen) atoms. The van der Waals surface area contributed by atoms with Gasteiger partial charge in [0, 0.05) is 0 Å². The maximum atomic E-state index is 15.2. The van der Waals surface area contributed by atoms with Gasteiger partial charge in [0.25, 0.3) is 11.4 Å². The third-order valence-corrected chi connectivity index (χ3v) is 7.85. The van der Waals surface area contributed by atoms with Gasteiger partial charge in [-0.05, 0) is 12.2 Å². The quantitative estimate of drug-likeness (QED) is 0.118. The average Bonchev–Trinajstić information content (AvgIpc) is 2.82. The number of hydrogen-bond donors (Lipinski definition) is 7. The molecule has 1 aromatic heterocycles. The second kappa shape index (κ2) is 9.11. The lowest BCUT2D eigenvalue weighted by Gasteiger charge is -2.27. The summed E-state index contributed by atoms with van der Waals surface area (Å²) in [5, 5.41) is 20.7. The Morgan fingerprint density at radius 2 is 1.85 bits per heavy atom. The van der Waals surface area contributed by atoms with Gasteiger partial charge in [-0.25, -0.2) is 18.1 Å². The highest BCUT2D eigenvalue weighted by Gasteiger charge is 2.65. The molecule has 0 saturated carbocycles. The van der Waals surface area contributed by atoms with E-state index in [-0.39, 0.29) is 0 Å². The van der Waals surface area contributed by atoms with Crippen LogP contribution in [0.4, 0.5) is 8.78 Å². The van der Waals surface area contributed by atoms with Crippen molar-refractivity contribution >= 4 is 35.7 Å². The number of H-pyrrole nitrogens is 1. The van der Waals surface area contributed by atoms with E-state index in [0.29, 0.717) is 10.8 Å². The molecule has 1 fully saturated rings. The lowest BCUT2D eigenvalue weighted by Crippen LogP contribution is -2.50. The molecule has 0 bridgehead atoms. The third kappa shape index (κ3) is 6.28. The molecule has 186 valence electrons. The van der Waals surface area contributed by atoms with E-state index < -0.39 is 70.0 Å². The van der Waals surface area contributed by atoms with Gasteiger partial charge >= 0.3 is 23.5 Å². The van der Waals surface area contributed by atoms with Crippen LogP contribution in [0.25, 0.3) is 0 Å². The lowest BCUT2D eigenvalue weighted by atomic mass is 9.94. The highest BCUT2D eigenvalue weighted by atomic mass is 32.1. The van der Waals surface area contributed by atoms with E-state index >= 15 is 4.39 Å². The summed E-state index contributed by atoms with van der Waals surface area (Å²) in [5.74, 6) is -3.64. The first-order chi connectivity index (χ1) is 14.8. The standard InChI is InChI=1S/C11H13F2N2O14P3S/c1-2-10(18)7(17)11(13,27-8(10)15-3-5(12)6(16)14-9(15)33)4-26-31(22,23)29-32(24,25)28-30(19,20)21/h1,3,7-8,17-18H,4H2,(H,22,23)(H,24,25)(H,14,16,33)(H2,19,20,21)/t7?,8-,10-,11-/m1/s1. The van der Waals surface area contributed by atoms with Crippen LogP contribution in [-0.4, -0.2) is 63.5 Å². The lowest BCUT2D eigenvalue weighted by molar-refractivity contribution is -0.204. The fraction of sp³-hybridized carbons (Fsp3) is 0.455. The van der Waals surface area contributed by atoms with Crippen LogP contribution in [-0.2, 0) is 31.6 Å². The Kier molecular flexibility index (Phi) is 7.75. The van der Waals surface area contributed by atoms with Gasteiger partial charge in [0.15, 0.2) is 17.1 Å². The molecule has 1 aliphatic heterocycles. The number of nitrogens with zero attached hydrogens (tertiary/aromatic N) is 1. The molecule has 16 nitrogen and oxygen atoms in total. The maximum Gasteiger partial charge on any atom is 0.490 e. The molecule has 7 N–H and O–H groups in total. The van der Waals surface area contributed by atoms with Gasteiger partial charge in [-0.15, -0.1) is 6.42 Å². The number of rotatable bonds is 8. The highest BCUT2D eigenvalue weighted by molar-refractivity contribution is 7.71. The maximum absolute atomic E-state index is 15.2. The molecule has 1 aliphatic rings. The number of terminal acetylenes is 1. The molecule has 3 unspecified atom stereocenters. The molecule has 22 heteroatoms. The molecule has 2 rings (SSSR count). The van der Waals surface area contributed by atoms with Gasteiger partial charge in [-0.2, -0.15) is 13.0 Å². The predicted octanol–water partition coefficient (Wildman–Crippen LogP) is -0.692. The van der Waals surface area contributed by atoms with Crippen LogP contribution in [0, 0.1) is 22.9 Å². The summed E-state index contributed by atoms with van der Waals surface area (Å²) in [6.45, 7) is -1.88. The van der Waals surface area contributed by atoms with Crippen molar-refractivity contribution < 1.29 is 70.1 Å². The van der Waals surface area contributed by atoms with Crippen LogP contribution < -0.4 is 5.56 Å². The zero-order valence-corrected chi connectivity index (χ0v) is 18.9. The van der Waals surface area contributed by atoms with Crippen molar-refractivity contribution in [3.05, 3.63) is 27.1 Å². The topological polar surface area (TPSA) is 247 Å². The minimum absolute atomic E-state index is 0.342. The molecule has 1 aromatic rings. The number of aromatic nitrogens is 2. The second-order valence-corrected chi connectivity index (χ2v) is 10.9. The zero-order valence-electron chi connectivity index (χ0n) is 15.4. The molecule has 0 aromatic carbocycles. The molecule has 0 amide bonds. The monoisotopic (exact) mass is 560 g/mol. The van der Waals surface area contributed by atoms with Gasteiger partial charge in [-0.3, -0.25) is 18.9 Å². The number of aliphatic hydroxyl groups excluding tert-OH is 1. The number of aromatic amines is 1. The number of nitrogens with one attached hydrogen (secondary N) is 1. The first-order valence-corrected chi connectivity index (χ1v) is 12.7. The number of alkyl halides is 1. The molecule has 2 heterocycles. The van der Waals surface area contributed by atoms with Crippen molar-refractivity contribution in [2.24, 2.45) is 0 Å². The smallest absolute Gasteiger partial charge is 0.383 e. The van der Waals surface area contributed by atoms with Crippen LogP contribution in [0.3, 0.4) is 0 Å². The number of phosphoric ester groups is 1. The number of phosphoric acid groups is 3. The minimum atomic E-state index is -5.94. The van der Waals surface area contributed by atoms with E-state index in [4.69, 9.17) is 38.1 Å². The SMILES string of the molecule is C#C[C@@]1(O)C(O)[C@@](F)(COP(=O)(O)OP(=O)(O)OP(=O)(O)O)O[C@H]1n1cc(F)c(=O)[nH]c1=S. The van der Waals surface area contributed by atoms with Gasteiger partial charge in [0.2, 0.25) is 11.4 Å². The molecule has 1 saturated heterocycles. The van der Waals surface area contributed by atoms with Crippen LogP contribution in [0.5, 0.6) is 0 Å². The largest absolute Gasteiger partial charge is 0.490 e. The van der Waals surface area contributed by atoms with E-state index in [2.05, 4.69) is 13.1 Å². The van der Waals surface area contributed by atoms with E-state index in [0.717, 1.165) is 0 Å². The predicted molar refractivity (Wildman–Crippen MR) is 99.4 cm³/mol. The Labute approximate surface area is 185 Å². The van der Waals surface area contributed by atoms with Gasteiger partial charge < -0.3 is 34.5 Å². The van der Waals surface area contributed by atoms with Crippen molar-refractivity contribution in [1.82, 2.24) is 9.55 Å². The Morgan fingerprint density at radius 3 is 2.36 bits per heavy atom. The molecular weight excluding hydrogens is 547 g/mol. The van der Waals surface area contributed by atoms with Crippen LogP contribution in [0.2, 0.25) is 0 Å². The van der Waals surface area contributed by atoms with Crippen LogP contribution in [0.15, 0.2) is 11.0 Å². The summed E-state index contributed by atoms with van der Waals surface area (Å²) in [6.07, 6.45) is 0.368. The fourth-order valence-electron chi connectivity index (χ4n) is 2.44. The summed E-state index contributed by atoms with van der Waals surface area (Å²) in [5.41, 5.74) is -4.37. The molecule has 6 atom stereocenters. The molecule has 0 spiro atoms. The van der Waals surface area contributed by atoms with Crippen molar-refractivity contribution in [2.75, 3.05) is 6.61 Å². The average molecular weight is 560 g/mol. The first-order valence-electron chi connectivity index (χ1n) is 7.79. The number of ether oxygens (including phenoxy) is 1. The fourth-order valence-corrected chi connectivity index (χ4v) is 5.72. The number of hydrogen-bond acceptors (Lipinski definition) is 11. The Bertz CT molecular complexity index is 1240. The molecule has 0 aliphatic carbocycles. The van der Waals surface area contributed by atoms with E-state index in [1.54, 1.807) is 10.9 Å². The van der Waals surface area contributed by atoms with Crippen molar-refractivity contribution in [1.29, 1.82) is 0 Å². The van der Waals surface area contributed by atoms with Crippen LogP contribution >= 0.6 is 35.7 Å². The first kappa shape index (κ1) is 28.1. The zero-order chi connectivity index (χ0) is 25.6. The normalized spacial score (nSPS) is 31.5. The highest BCUT2D eigenvalue weighted by Crippen LogP contribution is 2.66. The summed E-state index contributed by atoms with van der Waals surface area (Å²) in [6, 6.07) is 0. The van der Waals surface area contributed by atoms with E-state index in [1.165, 1.54) is 0 Å². The van der Waals surface area contributed by atoms with E-state index in [9.17, 15) is 38.0 Å². The van der Waals surface area contributed by atoms with Gasteiger partial charge in [0.05, 0.1) is 6.20 Å².